The number of methoxy groups -OCH3 is 1. The van der Waals surface area contributed by atoms with Crippen molar-refractivity contribution < 1.29 is 18.7 Å². The SMILES string of the molecule is COC(=O)c1ccc(Cl)c(NC(=O)CSc2nnc(-c3cc4cc(Cl)ccc4o3)n2C)c1. The fourth-order valence-corrected chi connectivity index (χ4v) is 4.02. The minimum atomic E-state index is -0.522. The van der Waals surface area contributed by atoms with E-state index in [4.69, 9.17) is 27.6 Å². The summed E-state index contributed by atoms with van der Waals surface area (Å²) in [4.78, 5) is 24.1. The maximum Gasteiger partial charge on any atom is 0.337 e. The molecular weight excluding hydrogens is 475 g/mol. The van der Waals surface area contributed by atoms with Gasteiger partial charge in [0.25, 0.3) is 0 Å². The number of carbonyl (C=O) groups excluding carboxylic acids is 2. The number of nitrogens with zero attached hydrogens (tertiary/aromatic N) is 3. The lowest BCUT2D eigenvalue weighted by molar-refractivity contribution is -0.113. The predicted molar refractivity (Wildman–Crippen MR) is 123 cm³/mol. The molecule has 164 valence electrons. The largest absolute Gasteiger partial charge is 0.465 e. The molecule has 11 heteroatoms. The van der Waals surface area contributed by atoms with Crippen molar-refractivity contribution in [1.82, 2.24) is 14.8 Å². The number of anilines is 1. The molecule has 4 rings (SSSR count). The summed E-state index contributed by atoms with van der Waals surface area (Å²) in [5.41, 5.74) is 1.29. The van der Waals surface area contributed by atoms with Gasteiger partial charge in [-0.05, 0) is 42.5 Å². The fraction of sp³-hybridized carbons (Fsp3) is 0.143. The third kappa shape index (κ3) is 4.59. The van der Waals surface area contributed by atoms with Gasteiger partial charge >= 0.3 is 5.97 Å². The van der Waals surface area contributed by atoms with Crippen LogP contribution in [0.5, 0.6) is 0 Å². The molecule has 0 unspecified atom stereocenters. The van der Waals surface area contributed by atoms with Gasteiger partial charge in [-0.25, -0.2) is 4.79 Å². The highest BCUT2D eigenvalue weighted by Gasteiger charge is 2.17. The van der Waals surface area contributed by atoms with Crippen LogP contribution in [0, 0.1) is 0 Å². The number of hydrogen-bond donors (Lipinski definition) is 1. The smallest absolute Gasteiger partial charge is 0.337 e. The molecule has 0 saturated carbocycles. The second kappa shape index (κ2) is 9.23. The Kier molecular flexibility index (Phi) is 6.40. The molecule has 0 aliphatic heterocycles. The summed E-state index contributed by atoms with van der Waals surface area (Å²) in [5, 5.41) is 13.3. The van der Waals surface area contributed by atoms with Crippen LogP contribution < -0.4 is 5.32 Å². The predicted octanol–water partition coefficient (Wildman–Crippen LogP) is 5.05. The second-order valence-electron chi connectivity index (χ2n) is 6.68. The zero-order chi connectivity index (χ0) is 22.8. The molecular formula is C21H16Cl2N4O4S. The van der Waals surface area contributed by atoms with E-state index in [1.807, 2.05) is 6.07 Å². The summed E-state index contributed by atoms with van der Waals surface area (Å²) in [7, 11) is 3.06. The van der Waals surface area contributed by atoms with E-state index in [0.29, 0.717) is 38.1 Å². The molecule has 0 aliphatic rings. The summed E-state index contributed by atoms with van der Waals surface area (Å²) in [6.07, 6.45) is 0. The molecule has 0 radical (unpaired) electrons. The highest BCUT2D eigenvalue weighted by Crippen LogP contribution is 2.30. The zero-order valence-corrected chi connectivity index (χ0v) is 19.2. The summed E-state index contributed by atoms with van der Waals surface area (Å²) < 4.78 is 12.3. The van der Waals surface area contributed by atoms with Crippen LogP contribution in [0.4, 0.5) is 5.69 Å². The Balaban J connectivity index is 1.45. The van der Waals surface area contributed by atoms with E-state index in [-0.39, 0.29) is 17.2 Å². The lowest BCUT2D eigenvalue weighted by Gasteiger charge is -2.09. The number of rotatable bonds is 6. The van der Waals surface area contributed by atoms with Gasteiger partial charge in [-0.2, -0.15) is 0 Å². The lowest BCUT2D eigenvalue weighted by Crippen LogP contribution is -2.15. The van der Waals surface area contributed by atoms with E-state index < -0.39 is 5.97 Å². The maximum absolute atomic E-state index is 12.4. The average molecular weight is 491 g/mol. The van der Waals surface area contributed by atoms with E-state index in [1.165, 1.54) is 37.1 Å². The monoisotopic (exact) mass is 490 g/mol. The van der Waals surface area contributed by atoms with Gasteiger partial charge in [0.15, 0.2) is 16.7 Å². The van der Waals surface area contributed by atoms with Crippen molar-refractivity contribution in [2.75, 3.05) is 18.2 Å². The lowest BCUT2D eigenvalue weighted by atomic mass is 10.2. The number of carbonyl (C=O) groups is 2. The Hall–Kier alpha value is -3.01. The van der Waals surface area contributed by atoms with Crippen LogP contribution in [0.25, 0.3) is 22.6 Å². The minimum absolute atomic E-state index is 0.0560. The van der Waals surface area contributed by atoms with Gasteiger partial charge in [-0.1, -0.05) is 35.0 Å². The van der Waals surface area contributed by atoms with E-state index in [1.54, 1.807) is 29.8 Å². The molecule has 0 atom stereocenters. The van der Waals surface area contributed by atoms with Crippen molar-refractivity contribution in [3.8, 4) is 11.6 Å². The molecule has 0 saturated heterocycles. The Morgan fingerprint density at radius 3 is 2.75 bits per heavy atom. The van der Waals surface area contributed by atoms with Crippen molar-refractivity contribution in [3.05, 3.63) is 58.1 Å². The van der Waals surface area contributed by atoms with Crippen LogP contribution in [0.2, 0.25) is 10.0 Å². The maximum atomic E-state index is 12.4. The van der Waals surface area contributed by atoms with Crippen LogP contribution in [-0.4, -0.2) is 39.5 Å². The van der Waals surface area contributed by atoms with Crippen molar-refractivity contribution in [3.63, 3.8) is 0 Å². The summed E-state index contributed by atoms with van der Waals surface area (Å²) in [6.45, 7) is 0. The van der Waals surface area contributed by atoms with Crippen LogP contribution in [0.3, 0.4) is 0 Å². The number of amides is 1. The van der Waals surface area contributed by atoms with E-state index in [9.17, 15) is 9.59 Å². The Morgan fingerprint density at radius 1 is 1.16 bits per heavy atom. The Labute approximate surface area is 196 Å². The van der Waals surface area contributed by atoms with Crippen molar-refractivity contribution in [1.29, 1.82) is 0 Å². The third-order valence-corrected chi connectivity index (χ3v) is 6.11. The minimum Gasteiger partial charge on any atom is -0.465 e. The van der Waals surface area contributed by atoms with Crippen LogP contribution in [0.1, 0.15) is 10.4 Å². The molecule has 0 fully saturated rings. The number of halogens is 2. The van der Waals surface area contributed by atoms with Crippen molar-refractivity contribution in [2.24, 2.45) is 7.05 Å². The highest BCUT2D eigenvalue weighted by atomic mass is 35.5. The number of hydrogen-bond acceptors (Lipinski definition) is 7. The van der Waals surface area contributed by atoms with Crippen molar-refractivity contribution >= 4 is 63.5 Å². The second-order valence-corrected chi connectivity index (χ2v) is 8.47. The molecule has 1 amide bonds. The number of aromatic nitrogens is 3. The van der Waals surface area contributed by atoms with Gasteiger partial charge in [0.2, 0.25) is 5.91 Å². The first-order valence-corrected chi connectivity index (χ1v) is 11.0. The quantitative estimate of drug-likeness (QED) is 0.298. The summed E-state index contributed by atoms with van der Waals surface area (Å²) in [5.74, 6) is 0.280. The average Bonchev–Trinajstić information content (AvgIpc) is 3.35. The number of benzene rings is 2. The standard InChI is InChI=1S/C21H16Cl2N4O4S/c1-27-19(17-9-12-7-13(22)4-6-16(12)31-17)25-26-21(27)32-10-18(28)24-15-8-11(20(29)30-2)3-5-14(15)23/h3-9H,10H2,1-2H3,(H,24,28). The molecule has 32 heavy (non-hydrogen) atoms. The fourth-order valence-electron chi connectivity index (χ4n) is 2.96. The molecule has 0 aliphatic carbocycles. The first-order valence-electron chi connectivity index (χ1n) is 9.25. The van der Waals surface area contributed by atoms with Gasteiger partial charge in [-0.3, -0.25) is 4.79 Å². The summed E-state index contributed by atoms with van der Waals surface area (Å²) in [6, 6.07) is 11.7. The summed E-state index contributed by atoms with van der Waals surface area (Å²) >= 11 is 13.4. The molecule has 2 aromatic carbocycles. The van der Waals surface area contributed by atoms with Crippen LogP contribution >= 0.6 is 35.0 Å². The topological polar surface area (TPSA) is 99.2 Å². The van der Waals surface area contributed by atoms with Gasteiger partial charge in [0.05, 0.1) is 29.1 Å². The zero-order valence-electron chi connectivity index (χ0n) is 16.9. The van der Waals surface area contributed by atoms with Gasteiger partial charge in [-0.15, -0.1) is 10.2 Å². The normalized spacial score (nSPS) is 11.0. The first-order chi connectivity index (χ1) is 15.4. The number of thioether (sulfide) groups is 1. The van der Waals surface area contributed by atoms with Crippen LogP contribution in [-0.2, 0) is 16.6 Å². The van der Waals surface area contributed by atoms with Gasteiger partial charge in [0, 0.05) is 17.5 Å². The Morgan fingerprint density at radius 2 is 1.97 bits per heavy atom. The molecule has 8 nitrogen and oxygen atoms in total. The number of nitrogens with one attached hydrogen (secondary N) is 1. The van der Waals surface area contributed by atoms with Gasteiger partial charge < -0.3 is 19.0 Å². The van der Waals surface area contributed by atoms with E-state index >= 15 is 0 Å². The number of ether oxygens (including phenoxy) is 1. The number of fused-ring (bicyclic) bond motifs is 1. The molecule has 1 N–H and O–H groups in total. The molecule has 2 aromatic heterocycles. The highest BCUT2D eigenvalue weighted by molar-refractivity contribution is 7.99. The third-order valence-electron chi connectivity index (χ3n) is 4.53. The molecule has 0 spiro atoms. The molecule has 2 heterocycles. The Bertz CT molecular complexity index is 1330. The van der Waals surface area contributed by atoms with Crippen molar-refractivity contribution in [2.45, 2.75) is 5.16 Å². The first kappa shape index (κ1) is 22.2. The van der Waals surface area contributed by atoms with E-state index in [2.05, 4.69) is 20.3 Å². The number of esters is 1. The van der Waals surface area contributed by atoms with E-state index in [0.717, 1.165) is 5.39 Å². The molecule has 4 aromatic rings. The number of furan rings is 1. The van der Waals surface area contributed by atoms with Crippen LogP contribution in [0.15, 0.2) is 52.0 Å². The van der Waals surface area contributed by atoms with Gasteiger partial charge in [0.1, 0.15) is 5.58 Å². The molecule has 0 bridgehead atoms.